The summed E-state index contributed by atoms with van der Waals surface area (Å²) in [6.45, 7) is 1.19. The molecule has 0 N–H and O–H groups in total. The molecular formula is C13H16F2O5S. The van der Waals surface area contributed by atoms with Crippen LogP contribution in [-0.4, -0.2) is 27.2 Å². The van der Waals surface area contributed by atoms with Gasteiger partial charge in [0.2, 0.25) is 0 Å². The third-order valence-corrected chi connectivity index (χ3v) is 3.09. The molecule has 0 bridgehead atoms. The average Bonchev–Trinajstić information content (AvgIpc) is 2.34. The molecule has 118 valence electrons. The molecule has 0 aliphatic carbocycles. The van der Waals surface area contributed by atoms with Gasteiger partial charge in [0, 0.05) is 6.42 Å². The highest BCUT2D eigenvalue weighted by Gasteiger charge is 2.14. The molecule has 0 unspecified atom stereocenters. The molecule has 0 saturated carbocycles. The molecule has 0 aliphatic heterocycles. The van der Waals surface area contributed by atoms with Crippen LogP contribution < -0.4 is 0 Å². The van der Waals surface area contributed by atoms with Crippen molar-refractivity contribution in [1.29, 1.82) is 0 Å². The van der Waals surface area contributed by atoms with Gasteiger partial charge >= 0.3 is 5.97 Å². The van der Waals surface area contributed by atoms with E-state index in [0.29, 0.717) is 0 Å². The number of rotatable bonds is 7. The topological polar surface area (TPSA) is 69.7 Å². The number of benzene rings is 1. The quantitative estimate of drug-likeness (QED) is 0.567. The van der Waals surface area contributed by atoms with E-state index in [1.807, 2.05) is 0 Å². The zero-order chi connectivity index (χ0) is 16.0. The molecule has 5 nitrogen and oxygen atoms in total. The lowest BCUT2D eigenvalue weighted by Crippen LogP contribution is -2.08. The Balaban J connectivity index is 2.77. The molecule has 0 fully saturated rings. The Bertz CT molecular complexity index is 590. The van der Waals surface area contributed by atoms with Crippen molar-refractivity contribution < 1.29 is 30.9 Å². The maximum absolute atomic E-state index is 13.7. The summed E-state index contributed by atoms with van der Waals surface area (Å²) in [4.78, 5) is 11.2. The third kappa shape index (κ3) is 6.17. The van der Waals surface area contributed by atoms with Crippen LogP contribution in [0.25, 0.3) is 0 Å². The molecule has 21 heavy (non-hydrogen) atoms. The molecule has 1 rings (SSSR count). The Hall–Kier alpha value is -1.54. The number of hydrogen-bond acceptors (Lipinski definition) is 5. The Morgan fingerprint density at radius 3 is 2.29 bits per heavy atom. The van der Waals surface area contributed by atoms with Gasteiger partial charge in [0.25, 0.3) is 10.1 Å². The van der Waals surface area contributed by atoms with Crippen molar-refractivity contribution in [3.63, 3.8) is 0 Å². The van der Waals surface area contributed by atoms with Crippen LogP contribution in [0.2, 0.25) is 0 Å². The van der Waals surface area contributed by atoms with Gasteiger partial charge in [0.05, 0.1) is 25.0 Å². The van der Waals surface area contributed by atoms with Crippen molar-refractivity contribution in [1.82, 2.24) is 0 Å². The number of ether oxygens (including phenoxy) is 1. The lowest BCUT2D eigenvalue weighted by atomic mass is 10.1. The highest BCUT2D eigenvalue weighted by atomic mass is 32.2. The lowest BCUT2D eigenvalue weighted by molar-refractivity contribution is -0.143. The van der Waals surface area contributed by atoms with Gasteiger partial charge in [-0.25, -0.2) is 8.78 Å². The first kappa shape index (κ1) is 17.5. The fraction of sp³-hybridized carbons (Fsp3) is 0.462. The molecule has 0 aromatic heterocycles. The second kappa shape index (κ2) is 7.46. The van der Waals surface area contributed by atoms with Crippen molar-refractivity contribution in [3.8, 4) is 0 Å². The number of carbonyl (C=O) groups is 1. The van der Waals surface area contributed by atoms with E-state index >= 15 is 0 Å². The minimum Gasteiger partial charge on any atom is -0.466 e. The van der Waals surface area contributed by atoms with E-state index in [9.17, 15) is 22.0 Å². The molecule has 0 amide bonds. The standard InChI is InChI=1S/C13H16F2O5S/c1-3-19-13(16)5-4-9-6-11(14)10(12(15)7-9)8-20-21(2,17)18/h6-7H,3-5,8H2,1-2H3. The monoisotopic (exact) mass is 322 g/mol. The number of hydrogen-bond donors (Lipinski definition) is 0. The fourth-order valence-corrected chi connectivity index (χ4v) is 1.92. The molecule has 0 radical (unpaired) electrons. The number of halogens is 2. The van der Waals surface area contributed by atoms with Crippen molar-refractivity contribution in [3.05, 3.63) is 34.9 Å². The highest BCUT2D eigenvalue weighted by molar-refractivity contribution is 7.85. The van der Waals surface area contributed by atoms with Gasteiger partial charge in [-0.1, -0.05) is 0 Å². The Morgan fingerprint density at radius 1 is 1.24 bits per heavy atom. The summed E-state index contributed by atoms with van der Waals surface area (Å²) in [6, 6.07) is 2.09. The Kier molecular flexibility index (Phi) is 6.22. The Morgan fingerprint density at radius 2 is 1.81 bits per heavy atom. The number of aryl methyl sites for hydroxylation is 1. The number of esters is 1. The van der Waals surface area contributed by atoms with E-state index in [1.54, 1.807) is 6.92 Å². The number of carbonyl (C=O) groups excluding carboxylic acids is 1. The van der Waals surface area contributed by atoms with E-state index in [0.717, 1.165) is 18.4 Å². The predicted molar refractivity (Wildman–Crippen MR) is 70.9 cm³/mol. The minimum atomic E-state index is -3.79. The van der Waals surface area contributed by atoms with E-state index in [-0.39, 0.29) is 25.0 Å². The smallest absolute Gasteiger partial charge is 0.306 e. The van der Waals surface area contributed by atoms with E-state index < -0.39 is 39.9 Å². The largest absolute Gasteiger partial charge is 0.466 e. The molecular weight excluding hydrogens is 306 g/mol. The predicted octanol–water partition coefficient (Wildman–Crippen LogP) is 1.94. The average molecular weight is 322 g/mol. The summed E-state index contributed by atoms with van der Waals surface area (Å²) in [6.07, 6.45) is 0.919. The van der Waals surface area contributed by atoms with Crippen molar-refractivity contribution in [2.45, 2.75) is 26.4 Å². The van der Waals surface area contributed by atoms with Gasteiger partial charge in [-0.3, -0.25) is 8.98 Å². The minimum absolute atomic E-state index is 0.00586. The van der Waals surface area contributed by atoms with Crippen LogP contribution in [0.3, 0.4) is 0 Å². The van der Waals surface area contributed by atoms with E-state index in [4.69, 9.17) is 4.74 Å². The first-order valence-electron chi connectivity index (χ1n) is 6.19. The maximum Gasteiger partial charge on any atom is 0.306 e. The molecule has 1 aromatic rings. The van der Waals surface area contributed by atoms with Crippen LogP contribution in [0.4, 0.5) is 8.78 Å². The van der Waals surface area contributed by atoms with Crippen LogP contribution in [0.15, 0.2) is 12.1 Å². The molecule has 0 aliphatic rings. The summed E-state index contributed by atoms with van der Waals surface area (Å²) in [7, 11) is -3.79. The van der Waals surface area contributed by atoms with Gasteiger partial charge in [-0.15, -0.1) is 0 Å². The zero-order valence-electron chi connectivity index (χ0n) is 11.7. The van der Waals surface area contributed by atoms with Crippen LogP contribution in [-0.2, 0) is 36.9 Å². The SMILES string of the molecule is CCOC(=O)CCc1cc(F)c(COS(C)(=O)=O)c(F)c1. The Labute approximate surface area is 122 Å². The van der Waals surface area contributed by atoms with Gasteiger partial charge in [0.15, 0.2) is 0 Å². The summed E-state index contributed by atoms with van der Waals surface area (Å²) < 4.78 is 58.2. The van der Waals surface area contributed by atoms with Crippen molar-refractivity contribution >= 4 is 16.1 Å². The van der Waals surface area contributed by atoms with Gasteiger partial charge in [-0.05, 0) is 31.0 Å². The molecule has 1 aromatic carbocycles. The second-order valence-electron chi connectivity index (χ2n) is 4.31. The van der Waals surface area contributed by atoms with Crippen LogP contribution >= 0.6 is 0 Å². The van der Waals surface area contributed by atoms with Gasteiger partial charge in [0.1, 0.15) is 11.6 Å². The highest BCUT2D eigenvalue weighted by Crippen LogP contribution is 2.18. The van der Waals surface area contributed by atoms with Gasteiger partial charge in [-0.2, -0.15) is 8.42 Å². The molecule has 0 atom stereocenters. The fourth-order valence-electron chi connectivity index (χ4n) is 1.58. The zero-order valence-corrected chi connectivity index (χ0v) is 12.5. The summed E-state index contributed by atoms with van der Waals surface area (Å²) in [5.41, 5.74) is -0.193. The molecule has 0 saturated heterocycles. The normalized spacial score (nSPS) is 11.4. The van der Waals surface area contributed by atoms with Crippen LogP contribution in [0.5, 0.6) is 0 Å². The van der Waals surface area contributed by atoms with Crippen LogP contribution in [0.1, 0.15) is 24.5 Å². The van der Waals surface area contributed by atoms with E-state index in [2.05, 4.69) is 4.18 Å². The summed E-state index contributed by atoms with van der Waals surface area (Å²) in [5, 5.41) is 0. The second-order valence-corrected chi connectivity index (χ2v) is 5.95. The molecule has 0 spiro atoms. The van der Waals surface area contributed by atoms with Crippen molar-refractivity contribution in [2.24, 2.45) is 0 Å². The van der Waals surface area contributed by atoms with E-state index in [1.165, 1.54) is 0 Å². The first-order chi connectivity index (χ1) is 9.73. The van der Waals surface area contributed by atoms with Crippen LogP contribution in [0, 0.1) is 11.6 Å². The molecule has 0 heterocycles. The van der Waals surface area contributed by atoms with Crippen molar-refractivity contribution in [2.75, 3.05) is 12.9 Å². The van der Waals surface area contributed by atoms with Gasteiger partial charge < -0.3 is 4.74 Å². The summed E-state index contributed by atoms with van der Waals surface area (Å²) in [5.74, 6) is -2.29. The third-order valence-electron chi connectivity index (χ3n) is 2.54. The summed E-state index contributed by atoms with van der Waals surface area (Å²) >= 11 is 0. The lowest BCUT2D eigenvalue weighted by Gasteiger charge is -2.08. The molecule has 8 heteroatoms. The maximum atomic E-state index is 13.7. The first-order valence-corrected chi connectivity index (χ1v) is 8.01.